The van der Waals surface area contributed by atoms with Crippen LogP contribution >= 0.6 is 12.2 Å². The van der Waals surface area contributed by atoms with Gasteiger partial charge in [0.2, 0.25) is 5.91 Å². The summed E-state index contributed by atoms with van der Waals surface area (Å²) in [7, 11) is 0. The average Bonchev–Trinajstić information content (AvgIpc) is 2.72. The van der Waals surface area contributed by atoms with Crippen LogP contribution in [0.4, 0.5) is 0 Å². The summed E-state index contributed by atoms with van der Waals surface area (Å²) >= 11 is 5.50. The van der Waals surface area contributed by atoms with Crippen molar-refractivity contribution in [3.05, 3.63) is 12.7 Å². The van der Waals surface area contributed by atoms with Crippen LogP contribution in [0.15, 0.2) is 12.7 Å². The van der Waals surface area contributed by atoms with E-state index < -0.39 is 0 Å². The Bertz CT molecular complexity index is 483. The number of piperidine rings is 1. The molecule has 6 heteroatoms. The smallest absolute Gasteiger partial charge is 0.241 e. The van der Waals surface area contributed by atoms with Gasteiger partial charge in [0.1, 0.15) is 0 Å². The molecule has 2 rings (SSSR count). The van der Waals surface area contributed by atoms with Crippen LogP contribution in [0.25, 0.3) is 0 Å². The minimum Gasteiger partial charge on any atom is -0.360 e. The molecule has 2 heterocycles. The Hall–Kier alpha value is -1.14. The van der Waals surface area contributed by atoms with Crippen molar-refractivity contribution in [1.82, 2.24) is 20.4 Å². The van der Waals surface area contributed by atoms with Gasteiger partial charge in [-0.1, -0.05) is 19.9 Å². The zero-order chi connectivity index (χ0) is 17.9. The molecule has 0 radical (unpaired) electrons. The van der Waals surface area contributed by atoms with Gasteiger partial charge >= 0.3 is 0 Å². The number of thiocarbonyl (C=S) groups is 1. The van der Waals surface area contributed by atoms with E-state index >= 15 is 0 Å². The van der Waals surface area contributed by atoms with Crippen LogP contribution in [0.5, 0.6) is 0 Å². The first-order valence-corrected chi connectivity index (χ1v) is 9.45. The molecular weight excluding hydrogens is 320 g/mol. The van der Waals surface area contributed by atoms with Crippen LogP contribution in [0.1, 0.15) is 47.0 Å². The van der Waals surface area contributed by atoms with Gasteiger partial charge in [0.15, 0.2) is 5.11 Å². The number of nitrogens with zero attached hydrogens (tertiary/aromatic N) is 2. The lowest BCUT2D eigenvalue weighted by atomic mass is 9.96. The third-order valence-electron chi connectivity index (χ3n) is 4.83. The molecule has 0 aliphatic carbocycles. The topological polar surface area (TPSA) is 47.6 Å². The average molecular weight is 353 g/mol. The van der Waals surface area contributed by atoms with Crippen LogP contribution in [0.2, 0.25) is 0 Å². The molecule has 2 aliphatic rings. The van der Waals surface area contributed by atoms with Gasteiger partial charge in [-0.3, -0.25) is 10.1 Å². The predicted octanol–water partition coefficient (Wildman–Crippen LogP) is 2.09. The first kappa shape index (κ1) is 19.2. The number of carbonyl (C=O) groups is 1. The van der Waals surface area contributed by atoms with E-state index in [1.807, 2.05) is 11.0 Å². The van der Waals surface area contributed by atoms with Gasteiger partial charge < -0.3 is 15.1 Å². The van der Waals surface area contributed by atoms with Gasteiger partial charge in [0.25, 0.3) is 0 Å². The third kappa shape index (κ3) is 4.09. The van der Waals surface area contributed by atoms with Crippen molar-refractivity contribution in [1.29, 1.82) is 0 Å². The molecule has 2 saturated heterocycles. The summed E-state index contributed by atoms with van der Waals surface area (Å²) in [5.74, 6) is 0.718. The van der Waals surface area contributed by atoms with Crippen molar-refractivity contribution < 1.29 is 4.79 Å². The largest absolute Gasteiger partial charge is 0.360 e. The van der Waals surface area contributed by atoms with Gasteiger partial charge in [0.05, 0.1) is 11.7 Å². The number of nitrogens with one attached hydrogen (secondary N) is 2. The van der Waals surface area contributed by atoms with Crippen LogP contribution in [-0.2, 0) is 4.79 Å². The highest BCUT2D eigenvalue weighted by molar-refractivity contribution is 7.80. The molecule has 24 heavy (non-hydrogen) atoms. The second-order valence-corrected chi connectivity index (χ2v) is 8.07. The van der Waals surface area contributed by atoms with Crippen LogP contribution in [-0.4, -0.2) is 58.2 Å². The Morgan fingerprint density at radius 1 is 1.42 bits per heavy atom. The first-order valence-electron chi connectivity index (χ1n) is 9.04. The molecule has 2 fully saturated rings. The lowest BCUT2D eigenvalue weighted by Crippen LogP contribution is -2.60. The Morgan fingerprint density at radius 3 is 2.54 bits per heavy atom. The summed E-state index contributed by atoms with van der Waals surface area (Å²) in [4.78, 5) is 17.0. The highest BCUT2D eigenvalue weighted by atomic mass is 32.1. The Balaban J connectivity index is 2.07. The predicted molar refractivity (Wildman–Crippen MR) is 103 cm³/mol. The molecule has 1 unspecified atom stereocenters. The molecule has 1 spiro atoms. The monoisotopic (exact) mass is 352 g/mol. The van der Waals surface area contributed by atoms with Crippen LogP contribution in [0, 0.1) is 5.92 Å². The van der Waals surface area contributed by atoms with Crippen LogP contribution < -0.4 is 10.6 Å². The maximum atomic E-state index is 12.8. The molecule has 136 valence electrons. The fourth-order valence-electron chi connectivity index (χ4n) is 3.72. The van der Waals surface area contributed by atoms with E-state index in [4.69, 9.17) is 12.2 Å². The lowest BCUT2D eigenvalue weighted by Gasteiger charge is -2.45. The highest BCUT2D eigenvalue weighted by Gasteiger charge is 2.51. The van der Waals surface area contributed by atoms with Crippen LogP contribution in [0.3, 0.4) is 0 Å². The molecule has 2 aliphatic heterocycles. The van der Waals surface area contributed by atoms with E-state index in [9.17, 15) is 4.79 Å². The van der Waals surface area contributed by atoms with E-state index in [1.54, 1.807) is 0 Å². The number of likely N-dealkylation sites (tertiary alicyclic amines) is 1. The van der Waals surface area contributed by atoms with Gasteiger partial charge in [-0.2, -0.15) is 0 Å². The maximum absolute atomic E-state index is 12.8. The van der Waals surface area contributed by atoms with Crippen molar-refractivity contribution >= 4 is 23.2 Å². The Morgan fingerprint density at radius 2 is 2.04 bits per heavy atom. The zero-order valence-corrected chi connectivity index (χ0v) is 16.3. The van der Waals surface area contributed by atoms with E-state index in [0.717, 1.165) is 37.5 Å². The normalized spacial score (nSPS) is 23.4. The summed E-state index contributed by atoms with van der Waals surface area (Å²) in [5.41, 5.74) is -0.241. The maximum Gasteiger partial charge on any atom is 0.241 e. The molecule has 0 bridgehead atoms. The Labute approximate surface area is 151 Å². The number of hydrogen-bond acceptors (Lipinski definition) is 3. The van der Waals surface area contributed by atoms with Crippen molar-refractivity contribution in [3.8, 4) is 0 Å². The van der Waals surface area contributed by atoms with E-state index in [1.165, 1.54) is 0 Å². The molecule has 0 aromatic carbocycles. The fraction of sp³-hybridized carbons (Fsp3) is 0.778. The van der Waals surface area contributed by atoms with Gasteiger partial charge in [-0.05, 0) is 38.4 Å². The summed E-state index contributed by atoms with van der Waals surface area (Å²) in [6.07, 6.45) is 4.49. The summed E-state index contributed by atoms with van der Waals surface area (Å²) in [5, 5.41) is 7.79. The molecule has 0 saturated carbocycles. The summed E-state index contributed by atoms with van der Waals surface area (Å²) < 4.78 is 0. The molecule has 0 aromatic heterocycles. The van der Waals surface area contributed by atoms with Crippen molar-refractivity contribution in [3.63, 3.8) is 0 Å². The second kappa shape index (κ2) is 7.83. The molecule has 2 N–H and O–H groups in total. The SMILES string of the molecule is C=CCN1C(=O)C(CC(C)C)NC12CCN(C(=S)NC(C)C)CC2. The van der Waals surface area contributed by atoms with Gasteiger partial charge in [-0.15, -0.1) is 6.58 Å². The number of rotatable bonds is 5. The third-order valence-corrected chi connectivity index (χ3v) is 5.21. The highest BCUT2D eigenvalue weighted by Crippen LogP contribution is 2.33. The first-order chi connectivity index (χ1) is 11.3. The van der Waals surface area contributed by atoms with Crippen molar-refractivity contribution in [2.24, 2.45) is 5.92 Å². The number of carbonyl (C=O) groups excluding carboxylic acids is 1. The van der Waals surface area contributed by atoms with Gasteiger partial charge in [-0.25, -0.2) is 0 Å². The van der Waals surface area contributed by atoms with E-state index in [-0.39, 0.29) is 17.6 Å². The number of amides is 1. The van der Waals surface area contributed by atoms with Crippen molar-refractivity contribution in [2.75, 3.05) is 19.6 Å². The van der Waals surface area contributed by atoms with Crippen molar-refractivity contribution in [2.45, 2.75) is 64.7 Å². The number of hydrogen-bond donors (Lipinski definition) is 2. The summed E-state index contributed by atoms with van der Waals surface area (Å²) in [6.45, 7) is 14.7. The molecule has 1 atom stereocenters. The lowest BCUT2D eigenvalue weighted by molar-refractivity contribution is -0.132. The summed E-state index contributed by atoms with van der Waals surface area (Å²) in [6, 6.07) is 0.268. The fourth-order valence-corrected chi connectivity index (χ4v) is 4.14. The minimum atomic E-state index is -0.241. The van der Waals surface area contributed by atoms with E-state index in [2.05, 4.69) is 49.8 Å². The minimum absolute atomic E-state index is 0.0720. The second-order valence-electron chi connectivity index (χ2n) is 7.69. The molecule has 5 nitrogen and oxygen atoms in total. The standard InChI is InChI=1S/C18H32N4OS/c1-6-9-22-16(23)15(12-13(2)3)20-18(22)7-10-21(11-8-18)17(24)19-14(4)5/h6,13-15,20H,1,7-12H2,2-5H3,(H,19,24). The molecule has 1 amide bonds. The van der Waals surface area contributed by atoms with E-state index in [0.29, 0.717) is 18.5 Å². The quantitative estimate of drug-likeness (QED) is 0.586. The zero-order valence-electron chi connectivity index (χ0n) is 15.5. The van der Waals surface area contributed by atoms with Gasteiger partial charge in [0, 0.05) is 38.5 Å². The molecule has 0 aromatic rings. The molecular formula is C18H32N4OS. The Kier molecular flexibility index (Phi) is 6.26.